The van der Waals surface area contributed by atoms with E-state index in [1.165, 1.54) is 4.90 Å². The number of benzene rings is 1. The number of nitro groups is 1. The van der Waals surface area contributed by atoms with Gasteiger partial charge in [0.25, 0.3) is 5.69 Å². The minimum Gasteiger partial charge on any atom is -0.477 e. The fourth-order valence-electron chi connectivity index (χ4n) is 2.08. The Kier molecular flexibility index (Phi) is 3.34. The molecule has 0 spiro atoms. The molecule has 1 fully saturated rings. The Morgan fingerprint density at radius 3 is 2.68 bits per heavy atom. The number of halogens is 1. The van der Waals surface area contributed by atoms with E-state index in [1.54, 1.807) is 0 Å². The van der Waals surface area contributed by atoms with Crippen LogP contribution in [0.2, 0.25) is 0 Å². The van der Waals surface area contributed by atoms with Gasteiger partial charge in [0.05, 0.1) is 22.8 Å². The second-order valence-corrected chi connectivity index (χ2v) is 4.27. The summed E-state index contributed by atoms with van der Waals surface area (Å²) in [4.78, 5) is 22.2. The highest BCUT2D eigenvalue weighted by Gasteiger charge is 2.28. The average molecular weight is 270 g/mol. The lowest BCUT2D eigenvalue weighted by atomic mass is 10.1. The zero-order valence-corrected chi connectivity index (χ0v) is 9.74. The van der Waals surface area contributed by atoms with Crippen LogP contribution in [0, 0.1) is 15.9 Å². The fourth-order valence-corrected chi connectivity index (χ4v) is 2.08. The molecule has 1 aliphatic heterocycles. The minimum atomic E-state index is -1.49. The van der Waals surface area contributed by atoms with Gasteiger partial charge in [-0.25, -0.2) is 9.18 Å². The van der Waals surface area contributed by atoms with Crippen molar-refractivity contribution in [3.05, 3.63) is 33.6 Å². The summed E-state index contributed by atoms with van der Waals surface area (Å²) in [5.41, 5.74) is -1.39. The molecule has 1 unspecified atom stereocenters. The smallest absolute Gasteiger partial charge is 0.342 e. The van der Waals surface area contributed by atoms with Crippen molar-refractivity contribution in [2.45, 2.75) is 12.5 Å². The van der Waals surface area contributed by atoms with Crippen LogP contribution in [-0.2, 0) is 0 Å². The minimum absolute atomic E-state index is 0.0421. The summed E-state index contributed by atoms with van der Waals surface area (Å²) in [6.45, 7) is 0.544. The normalized spacial score (nSPS) is 18.6. The number of anilines is 1. The van der Waals surface area contributed by atoms with E-state index in [9.17, 15) is 24.4 Å². The molecule has 102 valence electrons. The summed E-state index contributed by atoms with van der Waals surface area (Å²) in [7, 11) is 0. The highest BCUT2D eigenvalue weighted by Crippen LogP contribution is 2.30. The first-order valence-electron chi connectivity index (χ1n) is 5.54. The van der Waals surface area contributed by atoms with Gasteiger partial charge in [-0.05, 0) is 12.5 Å². The van der Waals surface area contributed by atoms with Gasteiger partial charge >= 0.3 is 5.97 Å². The van der Waals surface area contributed by atoms with Crippen molar-refractivity contribution in [2.24, 2.45) is 0 Å². The fraction of sp³-hybridized carbons (Fsp3) is 0.364. The van der Waals surface area contributed by atoms with Gasteiger partial charge in [-0.2, -0.15) is 0 Å². The predicted molar refractivity (Wildman–Crippen MR) is 62.9 cm³/mol. The number of rotatable bonds is 3. The monoisotopic (exact) mass is 270 g/mol. The van der Waals surface area contributed by atoms with E-state index in [-0.39, 0.29) is 12.2 Å². The van der Waals surface area contributed by atoms with Crippen LogP contribution in [0.5, 0.6) is 0 Å². The second kappa shape index (κ2) is 4.81. The quantitative estimate of drug-likeness (QED) is 0.627. The van der Waals surface area contributed by atoms with Crippen molar-refractivity contribution in [1.82, 2.24) is 0 Å². The zero-order chi connectivity index (χ0) is 14.2. The van der Waals surface area contributed by atoms with Gasteiger partial charge in [-0.1, -0.05) is 0 Å². The number of aromatic carboxylic acids is 1. The summed E-state index contributed by atoms with van der Waals surface area (Å²) < 4.78 is 13.8. The summed E-state index contributed by atoms with van der Waals surface area (Å²) in [5.74, 6) is -2.36. The molecule has 1 atom stereocenters. The van der Waals surface area contributed by atoms with Gasteiger partial charge in [0, 0.05) is 13.1 Å². The molecule has 8 heteroatoms. The molecule has 2 rings (SSSR count). The van der Waals surface area contributed by atoms with Crippen molar-refractivity contribution >= 4 is 17.3 Å². The lowest BCUT2D eigenvalue weighted by Crippen LogP contribution is -2.23. The van der Waals surface area contributed by atoms with E-state index < -0.39 is 34.1 Å². The number of carbonyl (C=O) groups is 1. The first-order chi connectivity index (χ1) is 8.90. The maximum atomic E-state index is 13.8. The molecule has 1 aromatic rings. The van der Waals surface area contributed by atoms with Gasteiger partial charge in [0.2, 0.25) is 0 Å². The molecular formula is C11H11FN2O5. The third-order valence-corrected chi connectivity index (χ3v) is 3.00. The van der Waals surface area contributed by atoms with Crippen LogP contribution in [0.1, 0.15) is 16.8 Å². The lowest BCUT2D eigenvalue weighted by molar-refractivity contribution is -0.385. The highest BCUT2D eigenvalue weighted by atomic mass is 19.1. The standard InChI is InChI=1S/C11H11FN2O5/c12-8-4-9(14(18)19)7(11(16)17)3-10(8)13-2-1-6(15)5-13/h3-4,6,15H,1-2,5H2,(H,16,17). The van der Waals surface area contributed by atoms with Gasteiger partial charge in [-0.15, -0.1) is 0 Å². The van der Waals surface area contributed by atoms with E-state index in [1.807, 2.05) is 0 Å². The van der Waals surface area contributed by atoms with Crippen LogP contribution in [0.15, 0.2) is 12.1 Å². The van der Waals surface area contributed by atoms with Gasteiger partial charge in [0.15, 0.2) is 5.82 Å². The van der Waals surface area contributed by atoms with Crippen molar-refractivity contribution in [3.63, 3.8) is 0 Å². The van der Waals surface area contributed by atoms with E-state index in [0.717, 1.165) is 6.07 Å². The van der Waals surface area contributed by atoms with Crippen LogP contribution in [0.25, 0.3) is 0 Å². The summed E-state index contributed by atoms with van der Waals surface area (Å²) in [6.07, 6.45) is -0.165. The number of β-amino-alcohol motifs (C(OH)–C–C–N with tert-alkyl or cyclic N) is 1. The molecule has 19 heavy (non-hydrogen) atoms. The SMILES string of the molecule is O=C(O)c1cc(N2CCC(O)C2)c(F)cc1[N+](=O)[O-]. The third-order valence-electron chi connectivity index (χ3n) is 3.00. The number of nitro benzene ring substituents is 1. The number of aliphatic hydroxyl groups excluding tert-OH is 1. The molecule has 1 heterocycles. The van der Waals surface area contributed by atoms with E-state index in [4.69, 9.17) is 5.11 Å². The summed E-state index contributed by atoms with van der Waals surface area (Å²) >= 11 is 0. The first-order valence-corrected chi connectivity index (χ1v) is 5.54. The maximum absolute atomic E-state index is 13.8. The number of hydrogen-bond acceptors (Lipinski definition) is 5. The Bertz CT molecular complexity index is 548. The number of hydrogen-bond donors (Lipinski definition) is 2. The lowest BCUT2D eigenvalue weighted by Gasteiger charge is -2.18. The zero-order valence-electron chi connectivity index (χ0n) is 9.74. The molecule has 0 aliphatic carbocycles. The van der Waals surface area contributed by atoms with E-state index in [2.05, 4.69) is 0 Å². The Morgan fingerprint density at radius 1 is 1.53 bits per heavy atom. The molecule has 2 N–H and O–H groups in total. The van der Waals surface area contributed by atoms with Gasteiger partial charge in [0.1, 0.15) is 5.56 Å². The molecule has 0 aromatic heterocycles. The molecule has 0 radical (unpaired) electrons. The Balaban J connectivity index is 2.48. The molecule has 1 aliphatic rings. The van der Waals surface area contributed by atoms with Crippen LogP contribution in [0.4, 0.5) is 15.8 Å². The van der Waals surface area contributed by atoms with Crippen molar-refractivity contribution < 1.29 is 24.3 Å². The van der Waals surface area contributed by atoms with E-state index >= 15 is 0 Å². The molecule has 0 saturated carbocycles. The topological polar surface area (TPSA) is 104 Å². The van der Waals surface area contributed by atoms with Crippen LogP contribution >= 0.6 is 0 Å². The van der Waals surface area contributed by atoms with Gasteiger partial charge < -0.3 is 15.1 Å². The Hall–Kier alpha value is -2.22. The largest absolute Gasteiger partial charge is 0.477 e. The Morgan fingerprint density at radius 2 is 2.21 bits per heavy atom. The summed E-state index contributed by atoms with van der Waals surface area (Å²) in [5, 5.41) is 29.0. The molecule has 1 aromatic carbocycles. The first kappa shape index (κ1) is 13.2. The molecule has 1 saturated heterocycles. The summed E-state index contributed by atoms with van der Waals surface area (Å²) in [6, 6.07) is 1.54. The van der Waals surface area contributed by atoms with Crippen LogP contribution in [-0.4, -0.2) is 40.3 Å². The van der Waals surface area contributed by atoms with Crippen molar-refractivity contribution in [3.8, 4) is 0 Å². The maximum Gasteiger partial charge on any atom is 0.342 e. The average Bonchev–Trinajstić information content (AvgIpc) is 2.74. The predicted octanol–water partition coefficient (Wildman–Crippen LogP) is 1.00. The van der Waals surface area contributed by atoms with E-state index in [0.29, 0.717) is 19.0 Å². The third kappa shape index (κ3) is 2.48. The number of carboxylic acids is 1. The second-order valence-electron chi connectivity index (χ2n) is 4.27. The van der Waals surface area contributed by atoms with Crippen molar-refractivity contribution in [1.29, 1.82) is 0 Å². The molecule has 7 nitrogen and oxygen atoms in total. The highest BCUT2D eigenvalue weighted by molar-refractivity contribution is 5.93. The number of carboxylic acid groups (broad SMARTS) is 1. The number of nitrogens with zero attached hydrogens (tertiary/aromatic N) is 2. The number of aliphatic hydroxyl groups is 1. The van der Waals surface area contributed by atoms with Crippen LogP contribution in [0.3, 0.4) is 0 Å². The Labute approximate surface area is 107 Å². The molecular weight excluding hydrogens is 259 g/mol. The molecule has 0 amide bonds. The van der Waals surface area contributed by atoms with Gasteiger partial charge in [-0.3, -0.25) is 10.1 Å². The molecule has 0 bridgehead atoms. The van der Waals surface area contributed by atoms with Crippen LogP contribution < -0.4 is 4.90 Å². The van der Waals surface area contributed by atoms with Crippen molar-refractivity contribution in [2.75, 3.05) is 18.0 Å².